The van der Waals surface area contributed by atoms with Gasteiger partial charge in [0.15, 0.2) is 0 Å². The normalized spacial score (nSPS) is 14.2. The molecule has 3 aromatic rings. The Bertz CT molecular complexity index is 1160. The lowest BCUT2D eigenvalue weighted by molar-refractivity contribution is 0.111. The topological polar surface area (TPSA) is 67.5 Å². The molecule has 0 amide bonds. The molecule has 0 radical (unpaired) electrons. The van der Waals surface area contributed by atoms with Gasteiger partial charge in [-0.25, -0.2) is 0 Å². The molecule has 1 aliphatic heterocycles. The molecule has 5 nitrogen and oxygen atoms in total. The highest BCUT2D eigenvalue weighted by Gasteiger charge is 2.21. The zero-order chi connectivity index (χ0) is 21.6. The highest BCUT2D eigenvalue weighted by Crippen LogP contribution is 2.34. The third-order valence-corrected chi connectivity index (χ3v) is 6.13. The van der Waals surface area contributed by atoms with Crippen molar-refractivity contribution < 1.29 is 9.57 Å². The number of hydrogen-bond acceptors (Lipinski definition) is 6. The van der Waals surface area contributed by atoms with Crippen LogP contribution in [0.5, 0.6) is 0 Å². The molecular weight excluding hydrogens is 406 g/mol. The molecule has 0 N–H and O–H groups in total. The second kappa shape index (κ2) is 9.69. The Morgan fingerprint density at radius 2 is 2.10 bits per heavy atom. The highest BCUT2D eigenvalue weighted by atomic mass is 32.1. The third kappa shape index (κ3) is 4.74. The summed E-state index contributed by atoms with van der Waals surface area (Å²) < 4.78 is 6.35. The van der Waals surface area contributed by atoms with Crippen molar-refractivity contribution in [3.05, 3.63) is 87.6 Å². The van der Waals surface area contributed by atoms with Gasteiger partial charge in [0.05, 0.1) is 34.3 Å². The van der Waals surface area contributed by atoms with E-state index in [0.29, 0.717) is 12.2 Å². The van der Waals surface area contributed by atoms with Crippen molar-refractivity contribution in [1.82, 2.24) is 4.98 Å². The van der Waals surface area contributed by atoms with E-state index in [9.17, 15) is 5.26 Å². The molecule has 31 heavy (non-hydrogen) atoms. The van der Waals surface area contributed by atoms with Gasteiger partial charge in [0, 0.05) is 18.2 Å². The molecule has 4 rings (SSSR count). The number of aromatic nitrogens is 1. The number of benzene rings is 2. The summed E-state index contributed by atoms with van der Waals surface area (Å²) >= 11 is 1.55. The monoisotopic (exact) mass is 429 g/mol. The SMILES string of the molecule is CCC1=CON=C(COC(c2ccc(C#N)c(-c3ccccc3C)c2)c2cncs2)C1. The number of oxime groups is 1. The molecule has 156 valence electrons. The Kier molecular flexibility index (Phi) is 6.56. The molecule has 0 fully saturated rings. The minimum absolute atomic E-state index is 0.304. The van der Waals surface area contributed by atoms with E-state index in [0.717, 1.165) is 45.7 Å². The number of aryl methyl sites for hydroxylation is 1. The van der Waals surface area contributed by atoms with Crippen molar-refractivity contribution in [2.45, 2.75) is 32.8 Å². The summed E-state index contributed by atoms with van der Waals surface area (Å²) in [7, 11) is 0. The largest absolute Gasteiger partial charge is 0.365 e. The molecule has 1 aromatic heterocycles. The van der Waals surface area contributed by atoms with E-state index >= 15 is 0 Å². The van der Waals surface area contributed by atoms with Crippen LogP contribution >= 0.6 is 11.3 Å². The minimum Gasteiger partial charge on any atom is -0.365 e. The van der Waals surface area contributed by atoms with Gasteiger partial charge in [0.2, 0.25) is 0 Å². The number of allylic oxidation sites excluding steroid dienone is 1. The molecule has 1 aliphatic rings. The molecule has 0 saturated carbocycles. The Morgan fingerprint density at radius 3 is 2.84 bits per heavy atom. The molecule has 0 spiro atoms. The Balaban J connectivity index is 1.66. The summed E-state index contributed by atoms with van der Waals surface area (Å²) in [5.41, 5.74) is 8.56. The zero-order valence-electron chi connectivity index (χ0n) is 17.5. The van der Waals surface area contributed by atoms with E-state index in [1.54, 1.807) is 23.1 Å². The van der Waals surface area contributed by atoms with Gasteiger partial charge in [-0.1, -0.05) is 42.4 Å². The predicted molar refractivity (Wildman–Crippen MR) is 123 cm³/mol. The van der Waals surface area contributed by atoms with Crippen molar-refractivity contribution in [3.63, 3.8) is 0 Å². The average Bonchev–Trinajstić information content (AvgIpc) is 3.34. The summed E-state index contributed by atoms with van der Waals surface area (Å²) in [5.74, 6) is 0. The Hall–Kier alpha value is -3.27. The van der Waals surface area contributed by atoms with Crippen LogP contribution in [-0.4, -0.2) is 17.3 Å². The van der Waals surface area contributed by atoms with E-state index in [1.807, 2.05) is 36.5 Å². The lowest BCUT2D eigenvalue weighted by atomic mass is 9.93. The first-order valence-corrected chi connectivity index (χ1v) is 11.1. The number of nitrogens with zero attached hydrogens (tertiary/aromatic N) is 3. The number of nitriles is 1. The van der Waals surface area contributed by atoms with E-state index in [2.05, 4.69) is 42.2 Å². The van der Waals surface area contributed by atoms with Gasteiger partial charge in [-0.2, -0.15) is 5.26 Å². The van der Waals surface area contributed by atoms with Crippen LogP contribution in [0.3, 0.4) is 0 Å². The molecule has 1 atom stereocenters. The van der Waals surface area contributed by atoms with Crippen LogP contribution in [0.2, 0.25) is 0 Å². The van der Waals surface area contributed by atoms with Crippen LogP contribution in [0.1, 0.15) is 47.4 Å². The second-order valence-electron chi connectivity index (χ2n) is 7.40. The van der Waals surface area contributed by atoms with Crippen LogP contribution in [-0.2, 0) is 9.57 Å². The van der Waals surface area contributed by atoms with Crippen LogP contribution in [0.15, 0.2) is 71.2 Å². The molecule has 0 saturated heterocycles. The van der Waals surface area contributed by atoms with Gasteiger partial charge in [-0.3, -0.25) is 4.98 Å². The standard InChI is InChI=1S/C25H23N3O2S/c1-3-18-10-21(28-30-14-18)15-29-25(24-13-27-16-31-24)19-8-9-20(12-26)23(11-19)22-7-5-4-6-17(22)2/h4-9,11,13-14,16,25H,3,10,15H2,1-2H3. The highest BCUT2D eigenvalue weighted by molar-refractivity contribution is 7.09. The number of ether oxygens (including phenoxy) is 1. The van der Waals surface area contributed by atoms with E-state index < -0.39 is 0 Å². The maximum atomic E-state index is 9.68. The van der Waals surface area contributed by atoms with Crippen molar-refractivity contribution in [1.29, 1.82) is 5.26 Å². The van der Waals surface area contributed by atoms with Crippen LogP contribution in [0.25, 0.3) is 11.1 Å². The quantitative estimate of drug-likeness (QED) is 0.451. The molecular formula is C25H23N3O2S. The van der Waals surface area contributed by atoms with E-state index in [-0.39, 0.29) is 6.10 Å². The van der Waals surface area contributed by atoms with Gasteiger partial charge in [0.1, 0.15) is 12.4 Å². The van der Waals surface area contributed by atoms with Gasteiger partial charge in [-0.05, 0) is 47.7 Å². The number of thiazole rings is 1. The fraction of sp³-hybridized carbons (Fsp3) is 0.240. The maximum absolute atomic E-state index is 9.68. The molecule has 2 aromatic carbocycles. The first-order chi connectivity index (χ1) is 15.2. The summed E-state index contributed by atoms with van der Waals surface area (Å²) in [6.07, 6.45) is 4.92. The van der Waals surface area contributed by atoms with Crippen LogP contribution in [0, 0.1) is 18.3 Å². The first kappa shape index (κ1) is 21.0. The zero-order valence-corrected chi connectivity index (χ0v) is 18.4. The molecule has 6 heteroatoms. The smallest absolute Gasteiger partial charge is 0.121 e. The summed E-state index contributed by atoms with van der Waals surface area (Å²) in [6, 6.07) is 16.3. The molecule has 0 bridgehead atoms. The van der Waals surface area contributed by atoms with Gasteiger partial charge in [0.25, 0.3) is 0 Å². The van der Waals surface area contributed by atoms with Gasteiger partial charge >= 0.3 is 0 Å². The van der Waals surface area contributed by atoms with E-state index in [4.69, 9.17) is 9.57 Å². The van der Waals surface area contributed by atoms with Gasteiger partial charge < -0.3 is 9.57 Å². The van der Waals surface area contributed by atoms with Crippen molar-refractivity contribution in [2.75, 3.05) is 6.61 Å². The number of hydrogen-bond donors (Lipinski definition) is 0. The fourth-order valence-corrected chi connectivity index (χ4v) is 4.29. The minimum atomic E-state index is -0.304. The molecule has 2 heterocycles. The third-order valence-electron chi connectivity index (χ3n) is 5.31. The lowest BCUT2D eigenvalue weighted by Gasteiger charge is -2.20. The molecule has 1 unspecified atom stereocenters. The van der Waals surface area contributed by atoms with E-state index in [1.165, 1.54) is 5.57 Å². The summed E-state index contributed by atoms with van der Waals surface area (Å²) in [5, 5.41) is 13.8. The molecule has 0 aliphatic carbocycles. The fourth-order valence-electron chi connectivity index (χ4n) is 3.59. The Labute approximate surface area is 186 Å². The summed E-state index contributed by atoms with van der Waals surface area (Å²) in [6.45, 7) is 4.52. The number of rotatable bonds is 7. The maximum Gasteiger partial charge on any atom is 0.121 e. The first-order valence-electron chi connectivity index (χ1n) is 10.2. The van der Waals surface area contributed by atoms with Crippen LogP contribution < -0.4 is 0 Å². The van der Waals surface area contributed by atoms with Gasteiger partial charge in [-0.15, -0.1) is 11.3 Å². The van der Waals surface area contributed by atoms with Crippen molar-refractivity contribution in [3.8, 4) is 17.2 Å². The predicted octanol–water partition coefficient (Wildman–Crippen LogP) is 6.17. The van der Waals surface area contributed by atoms with Crippen molar-refractivity contribution in [2.24, 2.45) is 5.16 Å². The second-order valence-corrected chi connectivity index (χ2v) is 8.31. The lowest BCUT2D eigenvalue weighted by Crippen LogP contribution is -2.16. The summed E-state index contributed by atoms with van der Waals surface area (Å²) in [4.78, 5) is 10.5. The Morgan fingerprint density at radius 1 is 1.23 bits per heavy atom. The van der Waals surface area contributed by atoms with Crippen LogP contribution in [0.4, 0.5) is 0 Å². The van der Waals surface area contributed by atoms with Crippen molar-refractivity contribution >= 4 is 17.0 Å². The average molecular weight is 430 g/mol.